The van der Waals surface area contributed by atoms with E-state index in [-0.39, 0.29) is 30.3 Å². The molecule has 1 aromatic rings. The maximum absolute atomic E-state index is 12.6. The van der Waals surface area contributed by atoms with Crippen LogP contribution in [-0.2, 0) is 0 Å². The number of aromatic nitrogens is 1. The minimum Gasteiger partial charge on any atom is -0.488 e. The Morgan fingerprint density at radius 1 is 1.47 bits per heavy atom. The van der Waals surface area contributed by atoms with Crippen LogP contribution >= 0.6 is 0 Å². The summed E-state index contributed by atoms with van der Waals surface area (Å²) in [7, 11) is 1.43. The van der Waals surface area contributed by atoms with Gasteiger partial charge < -0.3 is 9.47 Å². The van der Waals surface area contributed by atoms with Crippen LogP contribution in [0.2, 0.25) is 0 Å². The fraction of sp³-hybridized carbons (Fsp3) is 0.538. The fourth-order valence-corrected chi connectivity index (χ4v) is 2.09. The molecule has 0 aliphatic heterocycles. The minimum atomic E-state index is -2.49. The Labute approximate surface area is 109 Å². The number of hydrogen-bond donors (Lipinski definition) is 0. The van der Waals surface area contributed by atoms with Crippen LogP contribution in [0, 0.1) is 5.92 Å². The summed E-state index contributed by atoms with van der Waals surface area (Å²) in [5.41, 5.74) is 0.253. The number of aldehydes is 1. The molecule has 1 aliphatic carbocycles. The van der Waals surface area contributed by atoms with Crippen LogP contribution in [0.5, 0.6) is 11.6 Å². The molecule has 0 atom stereocenters. The number of nitrogens with zero attached hydrogens (tertiary/aromatic N) is 1. The van der Waals surface area contributed by atoms with Gasteiger partial charge in [-0.3, -0.25) is 4.79 Å². The van der Waals surface area contributed by atoms with Gasteiger partial charge in [-0.1, -0.05) is 0 Å². The Bertz CT molecular complexity index is 457. The van der Waals surface area contributed by atoms with Crippen LogP contribution in [0.25, 0.3) is 0 Å². The molecule has 1 heterocycles. The predicted octanol–water partition coefficient (Wildman–Crippen LogP) is 2.72. The zero-order valence-electron chi connectivity index (χ0n) is 10.6. The highest BCUT2D eigenvalue weighted by molar-refractivity contribution is 5.72. The van der Waals surface area contributed by atoms with Gasteiger partial charge in [-0.2, -0.15) is 0 Å². The molecule has 104 valence electrons. The van der Waals surface area contributed by atoms with Crippen LogP contribution in [0.3, 0.4) is 0 Å². The van der Waals surface area contributed by atoms with Crippen LogP contribution in [-0.4, -0.2) is 30.9 Å². The number of alkyl halides is 2. The number of methoxy groups -OCH3 is 1. The molecule has 6 heteroatoms. The summed E-state index contributed by atoms with van der Waals surface area (Å²) < 4.78 is 35.7. The quantitative estimate of drug-likeness (QED) is 0.746. The van der Waals surface area contributed by atoms with Gasteiger partial charge in [0, 0.05) is 12.8 Å². The van der Waals surface area contributed by atoms with Crippen molar-refractivity contribution in [3.63, 3.8) is 0 Å². The molecular weight excluding hydrogens is 256 g/mol. The van der Waals surface area contributed by atoms with Gasteiger partial charge in [0.05, 0.1) is 13.7 Å². The molecule has 1 fully saturated rings. The Hall–Kier alpha value is -1.72. The summed E-state index contributed by atoms with van der Waals surface area (Å²) in [4.78, 5) is 14.5. The lowest BCUT2D eigenvalue weighted by atomic mass is 9.79. The lowest BCUT2D eigenvalue weighted by Gasteiger charge is -2.34. The molecule has 19 heavy (non-hydrogen) atoms. The topological polar surface area (TPSA) is 48.4 Å². The van der Waals surface area contributed by atoms with Gasteiger partial charge in [-0.05, 0) is 24.5 Å². The Morgan fingerprint density at radius 3 is 2.79 bits per heavy atom. The second-order valence-electron chi connectivity index (χ2n) is 4.63. The summed E-state index contributed by atoms with van der Waals surface area (Å²) in [6.07, 6.45) is 1.07. The first-order chi connectivity index (χ1) is 9.04. The van der Waals surface area contributed by atoms with Gasteiger partial charge in [-0.15, -0.1) is 0 Å². The predicted molar refractivity (Wildman–Crippen MR) is 64.0 cm³/mol. The molecule has 0 radical (unpaired) electrons. The third-order valence-electron chi connectivity index (χ3n) is 3.12. The van der Waals surface area contributed by atoms with Crippen molar-refractivity contribution in [1.82, 2.24) is 4.98 Å². The van der Waals surface area contributed by atoms with E-state index in [1.54, 1.807) is 6.07 Å². The zero-order chi connectivity index (χ0) is 13.9. The van der Waals surface area contributed by atoms with Gasteiger partial charge in [0.15, 0.2) is 12.0 Å². The number of carbonyl (C=O) groups is 1. The van der Waals surface area contributed by atoms with Crippen molar-refractivity contribution in [2.75, 3.05) is 13.7 Å². The van der Waals surface area contributed by atoms with Crippen LogP contribution in [0.1, 0.15) is 29.8 Å². The summed E-state index contributed by atoms with van der Waals surface area (Å²) in [6, 6.07) is 3.10. The number of ether oxygens (including phenoxy) is 2. The largest absolute Gasteiger partial charge is 0.488 e. The van der Waals surface area contributed by atoms with E-state index < -0.39 is 5.92 Å². The third-order valence-corrected chi connectivity index (χ3v) is 3.12. The highest BCUT2D eigenvalue weighted by atomic mass is 19.3. The van der Waals surface area contributed by atoms with Crippen molar-refractivity contribution in [1.29, 1.82) is 0 Å². The summed E-state index contributed by atoms with van der Waals surface area (Å²) in [6.45, 7) is 0.333. The number of halogens is 2. The first kappa shape index (κ1) is 13.7. The summed E-state index contributed by atoms with van der Waals surface area (Å²) >= 11 is 0. The zero-order valence-corrected chi connectivity index (χ0v) is 10.6. The maximum atomic E-state index is 12.6. The van der Waals surface area contributed by atoms with Gasteiger partial charge in [-0.25, -0.2) is 13.8 Å². The molecular formula is C13H15F2NO3. The molecule has 0 saturated heterocycles. The second kappa shape index (κ2) is 5.50. The van der Waals surface area contributed by atoms with E-state index in [1.165, 1.54) is 13.2 Å². The highest BCUT2D eigenvalue weighted by Gasteiger charge is 2.44. The molecule has 1 aromatic heterocycles. The van der Waals surface area contributed by atoms with E-state index in [4.69, 9.17) is 9.47 Å². The van der Waals surface area contributed by atoms with E-state index in [2.05, 4.69) is 4.98 Å². The Balaban J connectivity index is 1.84. The first-order valence-corrected chi connectivity index (χ1v) is 6.05. The molecule has 2 rings (SSSR count). The highest BCUT2D eigenvalue weighted by Crippen LogP contribution is 2.44. The van der Waals surface area contributed by atoms with Crippen molar-refractivity contribution in [3.8, 4) is 11.6 Å². The van der Waals surface area contributed by atoms with E-state index in [0.717, 1.165) is 0 Å². The molecule has 0 bridgehead atoms. The van der Waals surface area contributed by atoms with Crippen molar-refractivity contribution < 1.29 is 23.0 Å². The van der Waals surface area contributed by atoms with Gasteiger partial charge in [0.1, 0.15) is 5.69 Å². The molecule has 0 aromatic carbocycles. The molecule has 0 unspecified atom stereocenters. The standard InChI is InChI=1S/C13H15F2NO3/c1-18-12-11(3-2-10(8-17)16-12)19-5-4-9-6-13(14,15)7-9/h2-3,8-9H,4-7H2,1H3. The number of pyridine rings is 1. The van der Waals surface area contributed by atoms with Crippen molar-refractivity contribution in [2.45, 2.75) is 25.2 Å². The van der Waals surface area contributed by atoms with Crippen LogP contribution < -0.4 is 9.47 Å². The van der Waals surface area contributed by atoms with Gasteiger partial charge in [0.25, 0.3) is 5.88 Å². The molecule has 1 aliphatic rings. The molecule has 0 N–H and O–H groups in total. The molecule has 0 amide bonds. The van der Waals surface area contributed by atoms with Gasteiger partial charge in [0.2, 0.25) is 5.92 Å². The van der Waals surface area contributed by atoms with E-state index in [9.17, 15) is 13.6 Å². The second-order valence-corrected chi connectivity index (χ2v) is 4.63. The fourth-order valence-electron chi connectivity index (χ4n) is 2.09. The van der Waals surface area contributed by atoms with E-state index in [0.29, 0.717) is 25.1 Å². The van der Waals surface area contributed by atoms with E-state index in [1.807, 2.05) is 0 Å². The minimum absolute atomic E-state index is 0.0169. The Morgan fingerprint density at radius 2 is 2.21 bits per heavy atom. The molecule has 1 saturated carbocycles. The smallest absolute Gasteiger partial charge is 0.257 e. The average molecular weight is 271 g/mol. The van der Waals surface area contributed by atoms with Crippen LogP contribution in [0.15, 0.2) is 12.1 Å². The van der Waals surface area contributed by atoms with Crippen molar-refractivity contribution in [2.24, 2.45) is 5.92 Å². The average Bonchev–Trinajstić information content (AvgIpc) is 2.36. The first-order valence-electron chi connectivity index (χ1n) is 6.05. The maximum Gasteiger partial charge on any atom is 0.257 e. The van der Waals surface area contributed by atoms with E-state index >= 15 is 0 Å². The SMILES string of the molecule is COc1nc(C=O)ccc1OCCC1CC(F)(F)C1. The van der Waals surface area contributed by atoms with Crippen molar-refractivity contribution >= 4 is 6.29 Å². The Kier molecular flexibility index (Phi) is 3.97. The third kappa shape index (κ3) is 3.39. The number of rotatable bonds is 6. The lowest BCUT2D eigenvalue weighted by molar-refractivity contribution is -0.113. The summed E-state index contributed by atoms with van der Waals surface area (Å²) in [5, 5.41) is 0. The lowest BCUT2D eigenvalue weighted by Crippen LogP contribution is -2.36. The normalized spacial score (nSPS) is 17.6. The van der Waals surface area contributed by atoms with Gasteiger partial charge >= 0.3 is 0 Å². The monoisotopic (exact) mass is 271 g/mol. The van der Waals surface area contributed by atoms with Crippen molar-refractivity contribution in [3.05, 3.63) is 17.8 Å². The number of hydrogen-bond acceptors (Lipinski definition) is 4. The summed E-state index contributed by atoms with van der Waals surface area (Å²) in [5.74, 6) is -1.83. The number of carbonyl (C=O) groups excluding carboxylic acids is 1. The molecule has 4 nitrogen and oxygen atoms in total. The van der Waals surface area contributed by atoms with Crippen LogP contribution in [0.4, 0.5) is 8.78 Å². The molecule has 0 spiro atoms.